The number of quaternary nitrogens is 1. The molecule has 0 aromatic heterocycles. The van der Waals surface area contributed by atoms with Crippen molar-refractivity contribution in [1.82, 2.24) is 0 Å². The number of benzene rings is 1. The lowest BCUT2D eigenvalue weighted by Gasteiger charge is -2.08. The van der Waals surface area contributed by atoms with Crippen LogP contribution in [0.4, 0.5) is 0 Å². The van der Waals surface area contributed by atoms with Crippen LogP contribution in [0.2, 0.25) is 0 Å². The average molecular weight is 412 g/mol. The molecule has 1 saturated heterocycles. The van der Waals surface area contributed by atoms with Crippen LogP contribution < -0.4 is 5.32 Å². The largest absolute Gasteiger partial charge is 0.744 e. The molecule has 0 amide bonds. The van der Waals surface area contributed by atoms with Gasteiger partial charge in [0.2, 0.25) is 0 Å². The second-order valence-electron chi connectivity index (χ2n) is 7.96. The van der Waals surface area contributed by atoms with Gasteiger partial charge in [0, 0.05) is 0 Å². The van der Waals surface area contributed by atoms with Crippen LogP contribution in [0.3, 0.4) is 0 Å². The highest BCUT2D eigenvalue weighted by molar-refractivity contribution is 7.85. The first-order chi connectivity index (χ1) is 13.5. The van der Waals surface area contributed by atoms with Crippen molar-refractivity contribution in [1.29, 1.82) is 0 Å². The van der Waals surface area contributed by atoms with Gasteiger partial charge in [0.25, 0.3) is 0 Å². The summed E-state index contributed by atoms with van der Waals surface area (Å²) in [5, 5.41) is 2.39. The Morgan fingerprint density at radius 2 is 1.29 bits per heavy atom. The summed E-state index contributed by atoms with van der Waals surface area (Å²) in [6.45, 7) is 4.99. The van der Waals surface area contributed by atoms with Crippen LogP contribution in [0.5, 0.6) is 0 Å². The fourth-order valence-electron chi connectivity index (χ4n) is 3.54. The van der Waals surface area contributed by atoms with Crippen LogP contribution in [0, 0.1) is 0 Å². The van der Waals surface area contributed by atoms with Gasteiger partial charge in [0.05, 0.1) is 18.0 Å². The summed E-state index contributed by atoms with van der Waals surface area (Å²) >= 11 is 0. The molecule has 162 valence electrons. The second-order valence-corrected chi connectivity index (χ2v) is 9.34. The van der Waals surface area contributed by atoms with E-state index in [4.69, 9.17) is 0 Å². The predicted molar refractivity (Wildman–Crippen MR) is 115 cm³/mol. The molecule has 0 unspecified atom stereocenters. The Labute approximate surface area is 173 Å². The van der Waals surface area contributed by atoms with E-state index in [1.165, 1.54) is 102 Å². The molecule has 2 rings (SSSR count). The Morgan fingerprint density at radius 1 is 0.786 bits per heavy atom. The third-order valence-corrected chi connectivity index (χ3v) is 6.20. The first-order valence-corrected chi connectivity index (χ1v) is 12.8. The maximum absolute atomic E-state index is 10.8. The van der Waals surface area contributed by atoms with Crippen molar-refractivity contribution in [3.05, 3.63) is 29.8 Å². The molecular formula is C23H41NO3S. The Hall–Kier alpha value is -0.910. The molecule has 1 heterocycles. The van der Waals surface area contributed by atoms with E-state index in [0.29, 0.717) is 0 Å². The number of hydrogen-bond donors (Lipinski definition) is 1. The molecule has 5 heteroatoms. The van der Waals surface area contributed by atoms with Gasteiger partial charge in [-0.05, 0) is 49.8 Å². The number of aryl methyl sites for hydroxylation is 1. The van der Waals surface area contributed by atoms with Gasteiger partial charge in [-0.15, -0.1) is 0 Å². The fraction of sp³-hybridized carbons (Fsp3) is 0.739. The smallest absolute Gasteiger partial charge is 0.124 e. The van der Waals surface area contributed by atoms with Crippen LogP contribution in [0.15, 0.2) is 29.2 Å². The second kappa shape index (κ2) is 15.9. The first kappa shape index (κ1) is 25.1. The van der Waals surface area contributed by atoms with Crippen molar-refractivity contribution in [2.24, 2.45) is 0 Å². The van der Waals surface area contributed by atoms with Crippen molar-refractivity contribution in [2.45, 2.75) is 102 Å². The summed E-state index contributed by atoms with van der Waals surface area (Å²) < 4.78 is 32.5. The Bertz CT molecular complexity index is 569. The molecule has 28 heavy (non-hydrogen) atoms. The number of rotatable bonds is 12. The van der Waals surface area contributed by atoms with E-state index in [9.17, 15) is 13.0 Å². The molecule has 0 bridgehead atoms. The predicted octanol–water partition coefficient (Wildman–Crippen LogP) is 4.79. The zero-order chi connectivity index (χ0) is 20.5. The molecule has 0 aliphatic carbocycles. The fourth-order valence-corrected chi connectivity index (χ4v) is 4.01. The minimum atomic E-state index is -4.31. The lowest BCUT2D eigenvalue weighted by Crippen LogP contribution is -2.85. The summed E-state index contributed by atoms with van der Waals surface area (Å²) in [6.07, 6.45) is 18.4. The van der Waals surface area contributed by atoms with E-state index in [0.717, 1.165) is 18.4 Å². The third-order valence-electron chi connectivity index (χ3n) is 5.35. The summed E-state index contributed by atoms with van der Waals surface area (Å²) in [5.41, 5.74) is 1.10. The number of unbranched alkanes of at least 4 members (excludes halogenated alkanes) is 9. The van der Waals surface area contributed by atoms with Crippen molar-refractivity contribution >= 4 is 10.1 Å². The van der Waals surface area contributed by atoms with Crippen molar-refractivity contribution < 1.29 is 18.3 Å². The first-order valence-electron chi connectivity index (χ1n) is 11.4. The summed E-state index contributed by atoms with van der Waals surface area (Å²) in [5.74, 6) is 0. The molecule has 0 radical (unpaired) electrons. The third kappa shape index (κ3) is 13.3. The molecule has 0 saturated carbocycles. The Morgan fingerprint density at radius 3 is 1.68 bits per heavy atom. The molecule has 1 aliphatic heterocycles. The molecule has 0 atom stereocenters. The monoisotopic (exact) mass is 411 g/mol. The SMILES string of the molecule is C1CC[NH2+]CC1.CCCCCCCCCCCCc1ccc(S(=O)(=O)[O-])cc1. The molecule has 0 spiro atoms. The molecule has 1 aromatic carbocycles. The lowest BCUT2D eigenvalue weighted by molar-refractivity contribution is -0.662. The van der Waals surface area contributed by atoms with Crippen molar-refractivity contribution in [3.8, 4) is 0 Å². The average Bonchev–Trinajstić information content (AvgIpc) is 2.71. The van der Waals surface area contributed by atoms with Crippen LogP contribution in [0.25, 0.3) is 0 Å². The maximum Gasteiger partial charge on any atom is 0.124 e. The normalized spacial score (nSPS) is 14.4. The highest BCUT2D eigenvalue weighted by Gasteiger charge is 2.01. The standard InChI is InChI=1S/C18H30O3S.C5H11N/c1-2-3-4-5-6-7-8-9-10-11-12-17-13-15-18(16-14-17)22(19,20)21;1-2-4-6-5-3-1/h13-16H,2-12H2,1H3,(H,19,20,21);6H,1-5H2. The van der Waals surface area contributed by atoms with E-state index < -0.39 is 10.1 Å². The van der Waals surface area contributed by atoms with Gasteiger partial charge in [-0.2, -0.15) is 0 Å². The number of hydrogen-bond acceptors (Lipinski definition) is 3. The quantitative estimate of drug-likeness (QED) is 0.397. The molecule has 1 aliphatic rings. The van der Waals surface area contributed by atoms with Crippen LogP contribution in [-0.2, 0) is 16.5 Å². The zero-order valence-corrected chi connectivity index (χ0v) is 18.6. The molecule has 1 aromatic rings. The van der Waals surface area contributed by atoms with Crippen molar-refractivity contribution in [3.63, 3.8) is 0 Å². The molecular weight excluding hydrogens is 370 g/mol. The van der Waals surface area contributed by atoms with Crippen LogP contribution >= 0.6 is 0 Å². The van der Waals surface area contributed by atoms with E-state index in [2.05, 4.69) is 12.2 Å². The van der Waals surface area contributed by atoms with E-state index >= 15 is 0 Å². The lowest BCUT2D eigenvalue weighted by atomic mass is 10.0. The van der Waals surface area contributed by atoms with Gasteiger partial charge in [-0.3, -0.25) is 0 Å². The van der Waals surface area contributed by atoms with Crippen LogP contribution in [-0.4, -0.2) is 26.1 Å². The minimum Gasteiger partial charge on any atom is -0.744 e. The highest BCUT2D eigenvalue weighted by Crippen LogP contribution is 2.14. The molecule has 2 N–H and O–H groups in total. The van der Waals surface area contributed by atoms with Gasteiger partial charge in [0.1, 0.15) is 10.1 Å². The zero-order valence-electron chi connectivity index (χ0n) is 17.8. The van der Waals surface area contributed by atoms with E-state index in [1.807, 2.05) is 0 Å². The Kier molecular flexibility index (Phi) is 14.3. The summed E-state index contributed by atoms with van der Waals surface area (Å²) in [7, 11) is -4.31. The number of piperidine rings is 1. The van der Waals surface area contributed by atoms with E-state index in [1.54, 1.807) is 12.1 Å². The van der Waals surface area contributed by atoms with Gasteiger partial charge in [-0.1, -0.05) is 76.8 Å². The van der Waals surface area contributed by atoms with E-state index in [-0.39, 0.29) is 4.90 Å². The minimum absolute atomic E-state index is 0.140. The maximum atomic E-state index is 10.8. The van der Waals surface area contributed by atoms with Gasteiger partial charge >= 0.3 is 0 Å². The Balaban J connectivity index is 0.000000552. The topological polar surface area (TPSA) is 73.8 Å². The van der Waals surface area contributed by atoms with Crippen molar-refractivity contribution in [2.75, 3.05) is 13.1 Å². The summed E-state index contributed by atoms with van der Waals surface area (Å²) in [4.78, 5) is -0.140. The molecule has 1 fully saturated rings. The van der Waals surface area contributed by atoms with Gasteiger partial charge in [-0.25, -0.2) is 8.42 Å². The van der Waals surface area contributed by atoms with Crippen LogP contribution in [0.1, 0.15) is 96.0 Å². The highest BCUT2D eigenvalue weighted by atomic mass is 32.2. The summed E-state index contributed by atoms with van der Waals surface area (Å²) in [6, 6.07) is 6.32. The van der Waals surface area contributed by atoms with Gasteiger partial charge in [0.15, 0.2) is 0 Å². The van der Waals surface area contributed by atoms with Gasteiger partial charge < -0.3 is 9.87 Å². The molecule has 4 nitrogen and oxygen atoms in total. The number of nitrogens with two attached hydrogens (primary N) is 1.